The predicted molar refractivity (Wildman–Crippen MR) is 104 cm³/mol. The van der Waals surface area contributed by atoms with E-state index in [1.165, 1.54) is 10.6 Å². The molecular weight excluding hydrogens is 352 g/mol. The molecule has 1 saturated heterocycles. The van der Waals surface area contributed by atoms with Crippen LogP contribution < -0.4 is 5.32 Å². The highest BCUT2D eigenvalue weighted by Crippen LogP contribution is 2.12. The molecule has 1 N–H and O–H groups in total. The van der Waals surface area contributed by atoms with Crippen LogP contribution in [0.5, 0.6) is 0 Å². The van der Waals surface area contributed by atoms with Crippen LogP contribution in [-0.2, 0) is 16.6 Å². The molecule has 146 valence electrons. The summed E-state index contributed by atoms with van der Waals surface area (Å²) < 4.78 is 24.6. The van der Waals surface area contributed by atoms with Crippen LogP contribution in [0.4, 0.5) is 0 Å². The molecular formula is C18H30N4O3S. The van der Waals surface area contributed by atoms with E-state index in [9.17, 15) is 13.2 Å². The Morgan fingerprint density at radius 1 is 1.12 bits per heavy atom. The molecule has 1 fully saturated rings. The maximum atomic E-state index is 12.1. The van der Waals surface area contributed by atoms with Crippen molar-refractivity contribution in [3.63, 3.8) is 0 Å². The summed E-state index contributed by atoms with van der Waals surface area (Å²) in [5.41, 5.74) is 1.79. The fourth-order valence-corrected chi connectivity index (χ4v) is 3.76. The highest BCUT2D eigenvalue weighted by atomic mass is 32.2. The molecule has 7 nitrogen and oxygen atoms in total. The number of hydrogen-bond acceptors (Lipinski definition) is 5. The maximum absolute atomic E-state index is 12.1. The third-order valence-corrected chi connectivity index (χ3v) is 5.79. The lowest BCUT2D eigenvalue weighted by atomic mass is 10.1. The average molecular weight is 383 g/mol. The standard InChI is InChI=1S/C18H30N4O3S/c1-20(2)10-4-9-19-18(23)17-7-5-16(6-8-17)15-21-11-13-22(14-12-21)26(3,24)25/h5-8H,4,9-15H2,1-3H3,(H,19,23). The normalized spacial score (nSPS) is 16.8. The van der Waals surface area contributed by atoms with E-state index in [4.69, 9.17) is 0 Å². The topological polar surface area (TPSA) is 73.0 Å². The lowest BCUT2D eigenvalue weighted by Gasteiger charge is -2.33. The molecule has 0 saturated carbocycles. The van der Waals surface area contributed by atoms with Crippen LogP contribution in [0.2, 0.25) is 0 Å². The second-order valence-corrected chi connectivity index (χ2v) is 9.03. The zero-order valence-electron chi connectivity index (χ0n) is 15.9. The maximum Gasteiger partial charge on any atom is 0.251 e. The summed E-state index contributed by atoms with van der Waals surface area (Å²) in [5.74, 6) is -0.0444. The van der Waals surface area contributed by atoms with Crippen molar-refractivity contribution < 1.29 is 13.2 Å². The van der Waals surface area contributed by atoms with Crippen molar-refractivity contribution in [3.8, 4) is 0 Å². The smallest absolute Gasteiger partial charge is 0.251 e. The summed E-state index contributed by atoms with van der Waals surface area (Å²) in [6, 6.07) is 7.64. The van der Waals surface area contributed by atoms with Crippen molar-refractivity contribution in [2.75, 3.05) is 59.6 Å². The van der Waals surface area contributed by atoms with Crippen molar-refractivity contribution in [1.82, 2.24) is 19.4 Å². The van der Waals surface area contributed by atoms with Gasteiger partial charge in [-0.15, -0.1) is 0 Å². The number of rotatable bonds is 8. The molecule has 0 bridgehead atoms. The average Bonchev–Trinajstić information content (AvgIpc) is 2.59. The first kappa shape index (κ1) is 20.8. The molecule has 8 heteroatoms. The van der Waals surface area contributed by atoms with Crippen molar-refractivity contribution in [1.29, 1.82) is 0 Å². The molecule has 1 aliphatic heterocycles. The number of amides is 1. The molecule has 1 aliphatic rings. The molecule has 0 aliphatic carbocycles. The van der Waals surface area contributed by atoms with E-state index in [0.29, 0.717) is 25.2 Å². The minimum atomic E-state index is -3.09. The Balaban J connectivity index is 1.78. The second kappa shape index (κ2) is 9.45. The van der Waals surface area contributed by atoms with Gasteiger partial charge in [-0.2, -0.15) is 4.31 Å². The van der Waals surface area contributed by atoms with E-state index >= 15 is 0 Å². The van der Waals surface area contributed by atoms with Gasteiger partial charge >= 0.3 is 0 Å². The largest absolute Gasteiger partial charge is 0.352 e. The summed E-state index contributed by atoms with van der Waals surface area (Å²) in [7, 11) is 0.939. The number of carbonyl (C=O) groups is 1. The zero-order chi connectivity index (χ0) is 19.2. The van der Waals surface area contributed by atoms with Gasteiger partial charge in [0, 0.05) is 44.8 Å². The molecule has 26 heavy (non-hydrogen) atoms. The van der Waals surface area contributed by atoms with E-state index in [-0.39, 0.29) is 5.91 Å². The van der Waals surface area contributed by atoms with Gasteiger partial charge in [0.25, 0.3) is 5.91 Å². The van der Waals surface area contributed by atoms with E-state index in [2.05, 4.69) is 15.1 Å². The Morgan fingerprint density at radius 2 is 1.73 bits per heavy atom. The van der Waals surface area contributed by atoms with Gasteiger partial charge in [0.2, 0.25) is 10.0 Å². The molecule has 0 radical (unpaired) electrons. The van der Waals surface area contributed by atoms with Gasteiger partial charge in [0.15, 0.2) is 0 Å². The fraction of sp³-hybridized carbons (Fsp3) is 0.611. The van der Waals surface area contributed by atoms with Gasteiger partial charge in [0.1, 0.15) is 0 Å². The van der Waals surface area contributed by atoms with Gasteiger partial charge in [-0.3, -0.25) is 9.69 Å². The first-order chi connectivity index (χ1) is 12.3. The van der Waals surface area contributed by atoms with Gasteiger partial charge in [-0.1, -0.05) is 12.1 Å². The monoisotopic (exact) mass is 382 g/mol. The third kappa shape index (κ3) is 6.68. The van der Waals surface area contributed by atoms with Crippen LogP contribution in [0.1, 0.15) is 22.3 Å². The van der Waals surface area contributed by atoms with Crippen LogP contribution in [0.15, 0.2) is 24.3 Å². The fourth-order valence-electron chi connectivity index (χ4n) is 2.94. The van der Waals surface area contributed by atoms with Crippen molar-refractivity contribution in [2.45, 2.75) is 13.0 Å². The number of hydrogen-bond donors (Lipinski definition) is 1. The van der Waals surface area contributed by atoms with Gasteiger partial charge in [-0.25, -0.2) is 8.42 Å². The number of sulfonamides is 1. The van der Waals surface area contributed by atoms with Crippen LogP contribution in [-0.4, -0.2) is 88.0 Å². The third-order valence-electron chi connectivity index (χ3n) is 4.49. The first-order valence-corrected chi connectivity index (χ1v) is 10.8. The second-order valence-electron chi connectivity index (χ2n) is 7.05. The van der Waals surface area contributed by atoms with Crippen LogP contribution in [0.25, 0.3) is 0 Å². The summed E-state index contributed by atoms with van der Waals surface area (Å²) in [4.78, 5) is 16.5. The number of carbonyl (C=O) groups excluding carboxylic acids is 1. The Morgan fingerprint density at radius 3 is 2.27 bits per heavy atom. The summed E-state index contributed by atoms with van der Waals surface area (Å²) in [6.45, 7) is 4.90. The van der Waals surface area contributed by atoms with Crippen LogP contribution in [0.3, 0.4) is 0 Å². The molecule has 1 heterocycles. The van der Waals surface area contributed by atoms with Crippen molar-refractivity contribution in [3.05, 3.63) is 35.4 Å². The summed E-state index contributed by atoms with van der Waals surface area (Å²) in [6.07, 6.45) is 2.18. The molecule has 1 aromatic carbocycles. The molecule has 0 atom stereocenters. The van der Waals surface area contributed by atoms with E-state index in [1.807, 2.05) is 38.4 Å². The van der Waals surface area contributed by atoms with E-state index in [0.717, 1.165) is 38.2 Å². The van der Waals surface area contributed by atoms with Gasteiger partial charge in [0.05, 0.1) is 6.26 Å². The Labute approximate surface area is 157 Å². The molecule has 0 spiro atoms. The lowest BCUT2D eigenvalue weighted by molar-refractivity contribution is 0.0952. The van der Waals surface area contributed by atoms with E-state index in [1.54, 1.807) is 0 Å². The Hall–Kier alpha value is -1.48. The Bertz CT molecular complexity index is 681. The SMILES string of the molecule is CN(C)CCCNC(=O)c1ccc(CN2CCN(S(C)(=O)=O)CC2)cc1. The first-order valence-electron chi connectivity index (χ1n) is 8.95. The van der Waals surface area contributed by atoms with Crippen LogP contribution >= 0.6 is 0 Å². The molecule has 2 rings (SSSR count). The van der Waals surface area contributed by atoms with E-state index < -0.39 is 10.0 Å². The quantitative estimate of drug-likeness (QED) is 0.661. The molecule has 1 aromatic rings. The summed E-state index contributed by atoms with van der Waals surface area (Å²) >= 11 is 0. The molecule has 1 amide bonds. The van der Waals surface area contributed by atoms with Crippen molar-refractivity contribution in [2.24, 2.45) is 0 Å². The molecule has 0 unspecified atom stereocenters. The number of nitrogens with one attached hydrogen (secondary N) is 1. The summed E-state index contributed by atoms with van der Waals surface area (Å²) in [5, 5.41) is 2.94. The minimum absolute atomic E-state index is 0.0444. The number of benzene rings is 1. The minimum Gasteiger partial charge on any atom is -0.352 e. The van der Waals surface area contributed by atoms with Gasteiger partial charge < -0.3 is 10.2 Å². The van der Waals surface area contributed by atoms with Crippen LogP contribution in [0, 0.1) is 0 Å². The van der Waals surface area contributed by atoms with Crippen molar-refractivity contribution >= 4 is 15.9 Å². The zero-order valence-corrected chi connectivity index (χ0v) is 16.8. The number of piperazine rings is 1. The Kier molecular flexibility index (Phi) is 7.57. The van der Waals surface area contributed by atoms with Gasteiger partial charge in [-0.05, 0) is 44.8 Å². The highest BCUT2D eigenvalue weighted by molar-refractivity contribution is 7.88. The highest BCUT2D eigenvalue weighted by Gasteiger charge is 2.23. The lowest BCUT2D eigenvalue weighted by Crippen LogP contribution is -2.47. The number of nitrogens with zero attached hydrogens (tertiary/aromatic N) is 3. The predicted octanol–water partition coefficient (Wildman–Crippen LogP) is 0.445. The molecule has 0 aromatic heterocycles.